The van der Waals surface area contributed by atoms with E-state index >= 15 is 0 Å². The first-order chi connectivity index (χ1) is 10.3. The molecule has 3 heteroatoms. The van der Waals surface area contributed by atoms with Crippen molar-refractivity contribution >= 4 is 16.6 Å². The van der Waals surface area contributed by atoms with Crippen molar-refractivity contribution in [3.05, 3.63) is 36.5 Å². The maximum absolute atomic E-state index is 6.07. The summed E-state index contributed by atoms with van der Waals surface area (Å²) in [4.78, 5) is 7.24. The van der Waals surface area contributed by atoms with E-state index in [4.69, 9.17) is 10.7 Å². The van der Waals surface area contributed by atoms with E-state index in [0.717, 1.165) is 31.6 Å². The highest BCUT2D eigenvalue weighted by atomic mass is 15.2. The average molecular weight is 283 g/mol. The molecular weight excluding hydrogens is 258 g/mol. The van der Waals surface area contributed by atoms with E-state index in [1.54, 1.807) is 0 Å². The van der Waals surface area contributed by atoms with Gasteiger partial charge >= 0.3 is 0 Å². The van der Waals surface area contributed by atoms with Gasteiger partial charge in [-0.2, -0.15) is 0 Å². The van der Waals surface area contributed by atoms with E-state index in [9.17, 15) is 0 Å². The van der Waals surface area contributed by atoms with Crippen LogP contribution in [-0.2, 0) is 0 Å². The summed E-state index contributed by atoms with van der Waals surface area (Å²) >= 11 is 0. The van der Waals surface area contributed by atoms with Crippen LogP contribution in [0.1, 0.15) is 39.0 Å². The third kappa shape index (κ3) is 3.03. The van der Waals surface area contributed by atoms with Crippen LogP contribution in [0.15, 0.2) is 36.5 Å². The van der Waals surface area contributed by atoms with E-state index in [0.29, 0.717) is 12.1 Å². The molecule has 0 saturated heterocycles. The molecule has 1 aromatic heterocycles. The normalized spacial score (nSPS) is 22.4. The zero-order chi connectivity index (χ0) is 14.7. The van der Waals surface area contributed by atoms with Crippen LogP contribution in [0.2, 0.25) is 0 Å². The third-order valence-corrected chi connectivity index (χ3v) is 4.57. The van der Waals surface area contributed by atoms with Gasteiger partial charge in [-0.3, -0.25) is 0 Å². The Morgan fingerprint density at radius 3 is 2.67 bits per heavy atom. The molecule has 1 heterocycles. The quantitative estimate of drug-likeness (QED) is 0.930. The second-order valence-corrected chi connectivity index (χ2v) is 6.12. The largest absolute Gasteiger partial charge is 0.353 e. The van der Waals surface area contributed by atoms with Crippen LogP contribution in [0.3, 0.4) is 0 Å². The molecule has 2 aromatic rings. The number of fused-ring (bicyclic) bond motifs is 1. The second kappa shape index (κ2) is 6.44. The van der Waals surface area contributed by atoms with Gasteiger partial charge in [0, 0.05) is 30.2 Å². The number of benzene rings is 1. The molecule has 0 spiro atoms. The van der Waals surface area contributed by atoms with Gasteiger partial charge in [-0.25, -0.2) is 4.98 Å². The van der Waals surface area contributed by atoms with Crippen molar-refractivity contribution in [3.63, 3.8) is 0 Å². The van der Waals surface area contributed by atoms with Crippen molar-refractivity contribution in [2.24, 2.45) is 5.73 Å². The summed E-state index contributed by atoms with van der Waals surface area (Å²) in [6.45, 7) is 3.31. The monoisotopic (exact) mass is 283 g/mol. The Morgan fingerprint density at radius 2 is 1.90 bits per heavy atom. The highest BCUT2D eigenvalue weighted by Gasteiger charge is 2.25. The molecule has 112 valence electrons. The summed E-state index contributed by atoms with van der Waals surface area (Å²) in [5, 5.41) is 2.54. The van der Waals surface area contributed by atoms with Gasteiger partial charge in [-0.05, 0) is 43.6 Å². The molecule has 1 saturated carbocycles. The Kier molecular flexibility index (Phi) is 4.39. The first kappa shape index (κ1) is 14.3. The number of pyridine rings is 1. The number of hydrogen-bond acceptors (Lipinski definition) is 3. The van der Waals surface area contributed by atoms with Gasteiger partial charge in [0.15, 0.2) is 0 Å². The van der Waals surface area contributed by atoms with Crippen LogP contribution < -0.4 is 10.6 Å². The van der Waals surface area contributed by atoms with Crippen LogP contribution in [0, 0.1) is 0 Å². The lowest BCUT2D eigenvalue weighted by molar-refractivity contribution is 0.374. The molecule has 3 rings (SSSR count). The Hall–Kier alpha value is -1.61. The minimum absolute atomic E-state index is 0.394. The van der Waals surface area contributed by atoms with Gasteiger partial charge in [0.05, 0.1) is 0 Å². The van der Waals surface area contributed by atoms with Gasteiger partial charge in [-0.1, -0.05) is 31.2 Å². The molecular formula is C18H25N3. The number of nitrogens with zero attached hydrogens (tertiary/aromatic N) is 2. The lowest BCUT2D eigenvalue weighted by Crippen LogP contribution is -2.41. The zero-order valence-corrected chi connectivity index (χ0v) is 12.8. The summed E-state index contributed by atoms with van der Waals surface area (Å²) in [7, 11) is 0. The summed E-state index contributed by atoms with van der Waals surface area (Å²) in [6.07, 6.45) is 7.73. The Morgan fingerprint density at radius 1 is 1.14 bits per heavy atom. The molecule has 0 bridgehead atoms. The van der Waals surface area contributed by atoms with E-state index in [-0.39, 0.29) is 0 Å². The highest BCUT2D eigenvalue weighted by molar-refractivity contribution is 5.92. The third-order valence-electron chi connectivity index (χ3n) is 4.57. The highest BCUT2D eigenvalue weighted by Crippen LogP contribution is 2.30. The maximum Gasteiger partial charge on any atom is 0.136 e. The van der Waals surface area contributed by atoms with Crippen molar-refractivity contribution in [2.75, 3.05) is 11.4 Å². The molecule has 1 aromatic carbocycles. The smallest absolute Gasteiger partial charge is 0.136 e. The van der Waals surface area contributed by atoms with Crippen molar-refractivity contribution in [3.8, 4) is 0 Å². The predicted molar refractivity (Wildman–Crippen MR) is 89.6 cm³/mol. The van der Waals surface area contributed by atoms with Gasteiger partial charge in [-0.15, -0.1) is 0 Å². The summed E-state index contributed by atoms with van der Waals surface area (Å²) < 4.78 is 0. The number of hydrogen-bond donors (Lipinski definition) is 1. The van der Waals surface area contributed by atoms with Gasteiger partial charge in [0.25, 0.3) is 0 Å². The molecule has 1 aliphatic rings. The van der Waals surface area contributed by atoms with Crippen molar-refractivity contribution in [1.29, 1.82) is 0 Å². The van der Waals surface area contributed by atoms with Crippen LogP contribution in [-0.4, -0.2) is 23.6 Å². The standard InChI is InChI=1S/C18H25N3/c1-2-13-21(16-9-7-15(19)8-10-16)18-17-6-4-3-5-14(17)11-12-20-18/h3-6,11-12,15-16H,2,7-10,13,19H2,1H3. The fraction of sp³-hybridized carbons (Fsp3) is 0.500. The van der Waals surface area contributed by atoms with Gasteiger partial charge in [0.1, 0.15) is 5.82 Å². The van der Waals surface area contributed by atoms with Crippen molar-refractivity contribution in [1.82, 2.24) is 4.98 Å². The van der Waals surface area contributed by atoms with Crippen LogP contribution in [0.4, 0.5) is 5.82 Å². The molecule has 21 heavy (non-hydrogen) atoms. The van der Waals surface area contributed by atoms with Crippen LogP contribution in [0.25, 0.3) is 10.8 Å². The first-order valence-electron chi connectivity index (χ1n) is 8.15. The summed E-state index contributed by atoms with van der Waals surface area (Å²) in [5.41, 5.74) is 6.07. The van der Waals surface area contributed by atoms with Crippen LogP contribution in [0.5, 0.6) is 0 Å². The number of aromatic nitrogens is 1. The Balaban J connectivity index is 1.95. The molecule has 1 fully saturated rings. The first-order valence-corrected chi connectivity index (χ1v) is 8.15. The summed E-state index contributed by atoms with van der Waals surface area (Å²) in [6, 6.07) is 11.6. The van der Waals surface area contributed by atoms with E-state index in [1.165, 1.54) is 23.6 Å². The molecule has 0 radical (unpaired) electrons. The van der Waals surface area contributed by atoms with Gasteiger partial charge in [0.2, 0.25) is 0 Å². The predicted octanol–water partition coefficient (Wildman–Crippen LogP) is 3.72. The fourth-order valence-electron chi connectivity index (χ4n) is 3.45. The SMILES string of the molecule is CCCN(c1nccc2ccccc12)C1CCC(N)CC1. The molecule has 0 atom stereocenters. The molecule has 0 aliphatic heterocycles. The Labute approximate surface area is 127 Å². The van der Waals surface area contributed by atoms with Crippen molar-refractivity contribution < 1.29 is 0 Å². The Bertz CT molecular complexity index is 583. The van der Waals surface area contributed by atoms with E-state index < -0.39 is 0 Å². The summed E-state index contributed by atoms with van der Waals surface area (Å²) in [5.74, 6) is 1.15. The van der Waals surface area contributed by atoms with Crippen LogP contribution >= 0.6 is 0 Å². The topological polar surface area (TPSA) is 42.2 Å². The molecule has 0 amide bonds. The molecule has 2 N–H and O–H groups in total. The maximum atomic E-state index is 6.07. The second-order valence-electron chi connectivity index (χ2n) is 6.12. The van der Waals surface area contributed by atoms with Crippen molar-refractivity contribution in [2.45, 2.75) is 51.1 Å². The zero-order valence-electron chi connectivity index (χ0n) is 12.8. The molecule has 3 nitrogen and oxygen atoms in total. The van der Waals surface area contributed by atoms with E-state index in [2.05, 4.69) is 42.2 Å². The number of nitrogens with two attached hydrogens (primary N) is 1. The number of anilines is 1. The minimum Gasteiger partial charge on any atom is -0.353 e. The fourth-order valence-corrected chi connectivity index (χ4v) is 3.45. The lowest BCUT2D eigenvalue weighted by atomic mass is 9.90. The van der Waals surface area contributed by atoms with E-state index in [1.807, 2.05) is 6.20 Å². The lowest BCUT2D eigenvalue weighted by Gasteiger charge is -2.37. The molecule has 1 aliphatic carbocycles. The average Bonchev–Trinajstić information content (AvgIpc) is 2.53. The van der Waals surface area contributed by atoms with Gasteiger partial charge < -0.3 is 10.6 Å². The molecule has 0 unspecified atom stereocenters. The minimum atomic E-state index is 0.394. The number of rotatable bonds is 4.